The number of rotatable bonds is 3. The first-order valence-corrected chi connectivity index (χ1v) is 4.09. The van der Waals surface area contributed by atoms with Gasteiger partial charge in [-0.2, -0.15) is 0 Å². The Kier molecular flexibility index (Phi) is 3.39. The fourth-order valence-corrected chi connectivity index (χ4v) is 1.15. The summed E-state index contributed by atoms with van der Waals surface area (Å²) in [6.07, 6.45) is -0.660. The van der Waals surface area contributed by atoms with Crippen LogP contribution < -0.4 is 0 Å². The van der Waals surface area contributed by atoms with Gasteiger partial charge in [0.05, 0.1) is 6.10 Å². The molecule has 1 N–H and O–H groups in total. The van der Waals surface area contributed by atoms with Crippen LogP contribution in [0.25, 0.3) is 0 Å². The Morgan fingerprint density at radius 1 is 1.62 bits per heavy atom. The van der Waals surface area contributed by atoms with E-state index in [1.54, 1.807) is 0 Å². The van der Waals surface area contributed by atoms with Crippen molar-refractivity contribution in [2.75, 3.05) is 0 Å². The lowest BCUT2D eigenvalue weighted by atomic mass is 10.1. The van der Waals surface area contributed by atoms with Crippen LogP contribution in [0.2, 0.25) is 5.02 Å². The van der Waals surface area contributed by atoms with Crippen molar-refractivity contribution in [2.24, 2.45) is 0 Å². The maximum absolute atomic E-state index is 13.1. The second kappa shape index (κ2) is 4.35. The van der Waals surface area contributed by atoms with Crippen LogP contribution in [-0.4, -0.2) is 11.4 Å². The predicted octanol–water partition coefficient (Wildman–Crippen LogP) is 2.10. The van der Waals surface area contributed by atoms with E-state index in [0.717, 1.165) is 6.07 Å². The summed E-state index contributed by atoms with van der Waals surface area (Å²) >= 11 is 5.51. The SMILES string of the molecule is O=CCC(O)c1ccc(Cl)cc1F. The maximum atomic E-state index is 13.1. The van der Waals surface area contributed by atoms with Crippen LogP contribution in [0.1, 0.15) is 18.1 Å². The molecule has 1 unspecified atom stereocenters. The predicted molar refractivity (Wildman–Crippen MR) is 47.1 cm³/mol. The standard InChI is InChI=1S/C9H8ClFO2/c10-6-1-2-7(8(11)5-6)9(13)3-4-12/h1-2,4-5,9,13H,3H2. The lowest BCUT2D eigenvalue weighted by Crippen LogP contribution is -2.00. The molecule has 2 nitrogen and oxygen atoms in total. The zero-order valence-electron chi connectivity index (χ0n) is 6.71. The minimum Gasteiger partial charge on any atom is -0.388 e. The Balaban J connectivity index is 2.94. The highest BCUT2D eigenvalue weighted by atomic mass is 35.5. The average Bonchev–Trinajstić information content (AvgIpc) is 2.04. The molecule has 0 radical (unpaired) electrons. The van der Waals surface area contributed by atoms with Crippen molar-refractivity contribution in [2.45, 2.75) is 12.5 Å². The molecule has 1 aromatic rings. The lowest BCUT2D eigenvalue weighted by Gasteiger charge is -2.08. The summed E-state index contributed by atoms with van der Waals surface area (Å²) < 4.78 is 13.1. The van der Waals surface area contributed by atoms with E-state index in [4.69, 9.17) is 11.6 Å². The van der Waals surface area contributed by atoms with Gasteiger partial charge < -0.3 is 9.90 Å². The summed E-state index contributed by atoms with van der Waals surface area (Å²) in [5, 5.41) is 9.54. The normalized spacial score (nSPS) is 12.5. The molecule has 70 valence electrons. The third-order valence-corrected chi connectivity index (χ3v) is 1.88. The van der Waals surface area contributed by atoms with Gasteiger partial charge in [-0.1, -0.05) is 17.7 Å². The summed E-state index contributed by atoms with van der Waals surface area (Å²) in [6.45, 7) is 0. The van der Waals surface area contributed by atoms with Gasteiger partial charge in [0.15, 0.2) is 0 Å². The molecule has 0 aromatic heterocycles. The molecule has 0 spiro atoms. The average molecular weight is 203 g/mol. The highest BCUT2D eigenvalue weighted by Crippen LogP contribution is 2.21. The van der Waals surface area contributed by atoms with Crippen LogP contribution in [0.3, 0.4) is 0 Å². The third kappa shape index (κ3) is 2.50. The molecule has 0 aliphatic carbocycles. The number of aliphatic hydroxyl groups excluding tert-OH is 1. The van der Waals surface area contributed by atoms with Crippen LogP contribution in [0.15, 0.2) is 18.2 Å². The number of benzene rings is 1. The Labute approximate surface area is 80.0 Å². The molecule has 0 saturated heterocycles. The van der Waals surface area contributed by atoms with Crippen molar-refractivity contribution in [3.8, 4) is 0 Å². The van der Waals surface area contributed by atoms with Crippen LogP contribution in [0.4, 0.5) is 4.39 Å². The molecule has 0 aliphatic rings. The van der Waals surface area contributed by atoms with Gasteiger partial charge in [0, 0.05) is 17.0 Å². The number of halogens is 2. The number of aliphatic hydroxyl groups is 1. The van der Waals surface area contributed by atoms with Crippen LogP contribution in [-0.2, 0) is 4.79 Å². The summed E-state index contributed by atoms with van der Waals surface area (Å²) in [5.74, 6) is -0.596. The molecule has 4 heteroatoms. The monoisotopic (exact) mass is 202 g/mol. The fraction of sp³-hybridized carbons (Fsp3) is 0.222. The zero-order valence-corrected chi connectivity index (χ0v) is 7.46. The fourth-order valence-electron chi connectivity index (χ4n) is 0.990. The molecular weight excluding hydrogens is 195 g/mol. The van der Waals surface area contributed by atoms with Crippen molar-refractivity contribution in [1.29, 1.82) is 0 Å². The van der Waals surface area contributed by atoms with Crippen molar-refractivity contribution < 1.29 is 14.3 Å². The Morgan fingerprint density at radius 3 is 2.85 bits per heavy atom. The highest BCUT2D eigenvalue weighted by molar-refractivity contribution is 6.30. The van der Waals surface area contributed by atoms with E-state index in [1.165, 1.54) is 12.1 Å². The number of carbonyl (C=O) groups excluding carboxylic acids is 1. The van der Waals surface area contributed by atoms with Gasteiger partial charge in [0.25, 0.3) is 0 Å². The van der Waals surface area contributed by atoms with Crippen molar-refractivity contribution in [1.82, 2.24) is 0 Å². The summed E-state index contributed by atoms with van der Waals surface area (Å²) in [4.78, 5) is 10.1. The maximum Gasteiger partial charge on any atom is 0.130 e. The Hall–Kier alpha value is -0.930. The van der Waals surface area contributed by atoms with Crippen LogP contribution in [0, 0.1) is 5.82 Å². The zero-order chi connectivity index (χ0) is 9.84. The topological polar surface area (TPSA) is 37.3 Å². The van der Waals surface area contributed by atoms with Gasteiger partial charge in [-0.3, -0.25) is 0 Å². The number of aldehydes is 1. The van der Waals surface area contributed by atoms with Gasteiger partial charge in [0.1, 0.15) is 12.1 Å². The van der Waals surface area contributed by atoms with Gasteiger partial charge in [0.2, 0.25) is 0 Å². The van der Waals surface area contributed by atoms with E-state index in [0.29, 0.717) is 6.29 Å². The van der Waals surface area contributed by atoms with Crippen LogP contribution in [0.5, 0.6) is 0 Å². The van der Waals surface area contributed by atoms with E-state index in [9.17, 15) is 14.3 Å². The molecule has 1 atom stereocenters. The molecule has 0 fully saturated rings. The summed E-state index contributed by atoms with van der Waals surface area (Å²) in [6, 6.07) is 3.94. The number of hydrogen-bond donors (Lipinski definition) is 1. The Morgan fingerprint density at radius 2 is 2.31 bits per heavy atom. The quantitative estimate of drug-likeness (QED) is 0.763. The largest absolute Gasteiger partial charge is 0.388 e. The first-order valence-electron chi connectivity index (χ1n) is 3.72. The van der Waals surface area contributed by atoms with E-state index < -0.39 is 11.9 Å². The molecule has 0 heterocycles. The molecule has 0 aliphatic heterocycles. The van der Waals surface area contributed by atoms with Crippen molar-refractivity contribution in [3.05, 3.63) is 34.6 Å². The molecule has 0 saturated carbocycles. The molecule has 1 aromatic carbocycles. The first-order chi connectivity index (χ1) is 6.15. The van der Waals surface area contributed by atoms with Crippen molar-refractivity contribution in [3.63, 3.8) is 0 Å². The van der Waals surface area contributed by atoms with E-state index in [2.05, 4.69) is 0 Å². The van der Waals surface area contributed by atoms with E-state index >= 15 is 0 Å². The smallest absolute Gasteiger partial charge is 0.130 e. The first kappa shape index (κ1) is 10.2. The van der Waals surface area contributed by atoms with Gasteiger partial charge in [-0.15, -0.1) is 0 Å². The number of hydrogen-bond acceptors (Lipinski definition) is 2. The van der Waals surface area contributed by atoms with Crippen molar-refractivity contribution >= 4 is 17.9 Å². The minimum atomic E-state index is -1.09. The minimum absolute atomic E-state index is 0.0940. The van der Waals surface area contributed by atoms with E-state index in [1.807, 2.05) is 0 Å². The second-order valence-corrected chi connectivity index (χ2v) is 3.02. The van der Waals surface area contributed by atoms with Crippen LogP contribution >= 0.6 is 11.6 Å². The third-order valence-electron chi connectivity index (χ3n) is 1.64. The lowest BCUT2D eigenvalue weighted by molar-refractivity contribution is -0.109. The molecule has 13 heavy (non-hydrogen) atoms. The summed E-state index contributed by atoms with van der Waals surface area (Å²) in [5.41, 5.74) is 0.0940. The highest BCUT2D eigenvalue weighted by Gasteiger charge is 2.11. The number of carbonyl (C=O) groups is 1. The van der Waals surface area contributed by atoms with E-state index in [-0.39, 0.29) is 17.0 Å². The summed E-state index contributed by atoms with van der Waals surface area (Å²) in [7, 11) is 0. The molecule has 1 rings (SSSR count). The van der Waals surface area contributed by atoms with Gasteiger partial charge in [-0.05, 0) is 12.1 Å². The van der Waals surface area contributed by atoms with Gasteiger partial charge >= 0.3 is 0 Å². The second-order valence-electron chi connectivity index (χ2n) is 2.58. The van der Waals surface area contributed by atoms with Gasteiger partial charge in [-0.25, -0.2) is 4.39 Å². The molecule has 0 amide bonds. The Bertz CT molecular complexity index is 314. The molecule has 0 bridgehead atoms. The molecular formula is C9H8ClFO2.